The van der Waals surface area contributed by atoms with Gasteiger partial charge in [-0.25, -0.2) is 4.39 Å². The van der Waals surface area contributed by atoms with Crippen molar-refractivity contribution in [3.63, 3.8) is 0 Å². The van der Waals surface area contributed by atoms with Crippen LogP contribution in [0.1, 0.15) is 57.8 Å². The van der Waals surface area contributed by atoms with E-state index < -0.39 is 43.2 Å². The third kappa shape index (κ3) is 13.1. The number of hydrogen-bond acceptors (Lipinski definition) is 4. The first-order valence-corrected chi connectivity index (χ1v) is 9.50. The highest BCUT2D eigenvalue weighted by atomic mass is 35.5. The Balaban J connectivity index is 3.79. The van der Waals surface area contributed by atoms with E-state index in [1.165, 1.54) is 0 Å². The highest BCUT2D eigenvalue weighted by molar-refractivity contribution is 6.17. The van der Waals surface area contributed by atoms with Gasteiger partial charge in [-0.05, 0) is 19.3 Å². The lowest BCUT2D eigenvalue weighted by atomic mass is 10.1. The molecule has 4 nitrogen and oxygen atoms in total. The lowest BCUT2D eigenvalue weighted by Crippen LogP contribution is -2.45. The van der Waals surface area contributed by atoms with Gasteiger partial charge in [0.05, 0.1) is 6.61 Å². The summed E-state index contributed by atoms with van der Waals surface area (Å²) in [4.78, 5) is 22.7. The van der Waals surface area contributed by atoms with Crippen molar-refractivity contribution >= 4 is 23.5 Å². The molecule has 1 unspecified atom stereocenters. The van der Waals surface area contributed by atoms with Crippen molar-refractivity contribution in [3.8, 4) is 0 Å². The Kier molecular flexibility index (Phi) is 13.3. The number of hydrogen-bond donors (Lipinski definition) is 0. The first-order valence-electron chi connectivity index (χ1n) is 8.96. The molecule has 0 radical (unpaired) electrons. The average molecular weight is 443 g/mol. The number of unbranched alkanes of at least 4 members (excludes halogenated alkanes) is 5. The molecular weight excluding hydrogens is 418 g/mol. The fourth-order valence-corrected chi connectivity index (χ4v) is 2.29. The molecule has 0 aromatic carbocycles. The number of ether oxygens (including phenoxy) is 2. The van der Waals surface area contributed by atoms with Crippen LogP contribution in [0.2, 0.25) is 0 Å². The third-order valence-electron chi connectivity index (χ3n) is 3.64. The maximum atomic E-state index is 13.0. The van der Waals surface area contributed by atoms with Crippen molar-refractivity contribution in [2.24, 2.45) is 0 Å². The molecule has 0 fully saturated rings. The van der Waals surface area contributed by atoms with Gasteiger partial charge in [0.15, 0.2) is 6.61 Å². The van der Waals surface area contributed by atoms with Gasteiger partial charge < -0.3 is 9.47 Å². The molecule has 0 amide bonds. The summed E-state index contributed by atoms with van der Waals surface area (Å²) in [7, 11) is 0. The second-order valence-corrected chi connectivity index (χ2v) is 6.59. The van der Waals surface area contributed by atoms with Gasteiger partial charge >= 0.3 is 24.0 Å². The number of rotatable bonds is 15. The summed E-state index contributed by atoms with van der Waals surface area (Å²) in [5.74, 6) is -6.08. The molecule has 0 saturated carbocycles. The standard InChI is InChI=1S/C17H25ClF6O4/c18-10-5-3-1-2-4-6-11-27-13(25)8-7-9-14(26)28-12-16(20,21)15(19)17(22,23)24/h15H,1-12H2. The van der Waals surface area contributed by atoms with Crippen LogP contribution in [-0.4, -0.2) is 49.3 Å². The topological polar surface area (TPSA) is 52.6 Å². The highest BCUT2D eigenvalue weighted by Crippen LogP contribution is 2.35. The molecule has 0 aromatic rings. The van der Waals surface area contributed by atoms with E-state index in [1.54, 1.807) is 0 Å². The van der Waals surface area contributed by atoms with Crippen molar-refractivity contribution in [3.05, 3.63) is 0 Å². The molecule has 0 aliphatic rings. The molecule has 0 spiro atoms. The Morgan fingerprint density at radius 2 is 1.29 bits per heavy atom. The minimum absolute atomic E-state index is 0.0833. The maximum absolute atomic E-state index is 13.0. The van der Waals surface area contributed by atoms with Crippen LogP contribution in [0.15, 0.2) is 0 Å². The van der Waals surface area contributed by atoms with Gasteiger partial charge in [-0.3, -0.25) is 9.59 Å². The summed E-state index contributed by atoms with van der Waals surface area (Å²) in [5, 5.41) is 0. The van der Waals surface area contributed by atoms with Crippen LogP contribution in [0, 0.1) is 0 Å². The average Bonchev–Trinajstić information content (AvgIpc) is 2.61. The quantitative estimate of drug-likeness (QED) is 0.148. The van der Waals surface area contributed by atoms with Crippen LogP contribution in [0.3, 0.4) is 0 Å². The summed E-state index contributed by atoms with van der Waals surface area (Å²) in [6, 6.07) is 0. The number of esters is 2. The molecule has 0 rings (SSSR count). The Labute approximate surface area is 164 Å². The van der Waals surface area contributed by atoms with Crippen molar-refractivity contribution in [1.29, 1.82) is 0 Å². The Bertz CT molecular complexity index is 459. The molecule has 1 atom stereocenters. The van der Waals surface area contributed by atoms with Crippen molar-refractivity contribution in [2.45, 2.75) is 76.1 Å². The molecule has 0 saturated heterocycles. The first-order chi connectivity index (χ1) is 13.0. The minimum atomic E-state index is -5.76. The Morgan fingerprint density at radius 3 is 1.82 bits per heavy atom. The normalized spacial score (nSPS) is 13.2. The summed E-state index contributed by atoms with van der Waals surface area (Å²) >= 11 is 5.55. The summed E-state index contributed by atoms with van der Waals surface area (Å²) in [6.45, 7) is -1.80. The largest absolute Gasteiger partial charge is 0.466 e. The van der Waals surface area contributed by atoms with E-state index in [1.807, 2.05) is 0 Å². The van der Waals surface area contributed by atoms with Gasteiger partial charge in [-0.15, -0.1) is 11.6 Å². The maximum Gasteiger partial charge on any atom is 0.425 e. The van der Waals surface area contributed by atoms with E-state index in [0.29, 0.717) is 12.3 Å². The van der Waals surface area contributed by atoms with Gasteiger partial charge in [0.25, 0.3) is 6.17 Å². The molecule has 0 heterocycles. The second kappa shape index (κ2) is 13.9. The van der Waals surface area contributed by atoms with Crippen molar-refractivity contribution in [1.82, 2.24) is 0 Å². The molecular formula is C17H25ClF6O4. The molecule has 0 aromatic heterocycles. The number of halogens is 7. The van der Waals surface area contributed by atoms with E-state index in [0.717, 1.165) is 32.1 Å². The Hall–Kier alpha value is -1.19. The van der Waals surface area contributed by atoms with Crippen molar-refractivity contribution in [2.75, 3.05) is 19.1 Å². The van der Waals surface area contributed by atoms with Gasteiger partial charge in [-0.1, -0.05) is 25.7 Å². The van der Waals surface area contributed by atoms with Crippen molar-refractivity contribution < 1.29 is 45.4 Å². The van der Waals surface area contributed by atoms with Gasteiger partial charge in [0, 0.05) is 18.7 Å². The lowest BCUT2D eigenvalue weighted by molar-refractivity contribution is -0.254. The number of carbonyl (C=O) groups excluding carboxylic acids is 2. The Morgan fingerprint density at radius 1 is 0.786 bits per heavy atom. The SMILES string of the molecule is O=C(CCCC(=O)OCC(F)(F)C(F)C(F)(F)F)OCCCCCCCCCl. The van der Waals surface area contributed by atoms with Crippen LogP contribution >= 0.6 is 11.6 Å². The lowest BCUT2D eigenvalue weighted by Gasteiger charge is -2.22. The molecule has 0 aliphatic heterocycles. The zero-order chi connectivity index (χ0) is 21.6. The van der Waals surface area contributed by atoms with E-state index >= 15 is 0 Å². The fraction of sp³-hybridized carbons (Fsp3) is 0.882. The second-order valence-electron chi connectivity index (χ2n) is 6.21. The molecule has 0 bridgehead atoms. The molecule has 0 N–H and O–H groups in total. The van der Waals surface area contributed by atoms with Crippen LogP contribution in [0.25, 0.3) is 0 Å². The summed E-state index contributed by atoms with van der Waals surface area (Å²) < 4.78 is 83.2. The predicted molar refractivity (Wildman–Crippen MR) is 90.1 cm³/mol. The van der Waals surface area contributed by atoms with Crippen LogP contribution in [-0.2, 0) is 19.1 Å². The summed E-state index contributed by atoms with van der Waals surface area (Å²) in [5.41, 5.74) is 0. The molecule has 166 valence electrons. The van der Waals surface area contributed by atoms with E-state index in [-0.39, 0.29) is 19.4 Å². The molecule has 28 heavy (non-hydrogen) atoms. The van der Waals surface area contributed by atoms with E-state index in [4.69, 9.17) is 16.3 Å². The third-order valence-corrected chi connectivity index (χ3v) is 3.90. The smallest absolute Gasteiger partial charge is 0.425 e. The van der Waals surface area contributed by atoms with Gasteiger partial charge in [-0.2, -0.15) is 22.0 Å². The minimum Gasteiger partial charge on any atom is -0.466 e. The predicted octanol–water partition coefficient (Wildman–Crippen LogP) is 5.36. The van der Waals surface area contributed by atoms with Crippen LogP contribution in [0.5, 0.6) is 0 Å². The van der Waals surface area contributed by atoms with Crippen LogP contribution < -0.4 is 0 Å². The van der Waals surface area contributed by atoms with E-state index in [9.17, 15) is 35.9 Å². The van der Waals surface area contributed by atoms with Crippen LogP contribution in [0.4, 0.5) is 26.3 Å². The zero-order valence-corrected chi connectivity index (χ0v) is 16.1. The molecule has 11 heteroatoms. The van der Waals surface area contributed by atoms with Gasteiger partial charge in [0.2, 0.25) is 0 Å². The van der Waals surface area contributed by atoms with E-state index in [2.05, 4.69) is 4.74 Å². The zero-order valence-electron chi connectivity index (χ0n) is 15.3. The monoisotopic (exact) mass is 442 g/mol. The van der Waals surface area contributed by atoms with Gasteiger partial charge in [0.1, 0.15) is 0 Å². The number of alkyl halides is 7. The summed E-state index contributed by atoms with van der Waals surface area (Å²) in [6.07, 6.45) is -5.28. The fourth-order valence-electron chi connectivity index (χ4n) is 2.10. The highest BCUT2D eigenvalue weighted by Gasteiger charge is 2.57. The first kappa shape index (κ1) is 26.8. The number of carbonyl (C=O) groups is 2. The molecule has 0 aliphatic carbocycles.